The summed E-state index contributed by atoms with van der Waals surface area (Å²) in [4.78, 5) is 27.6. The molecule has 0 unspecified atom stereocenters. The molecular weight excluding hydrogens is 332 g/mol. The summed E-state index contributed by atoms with van der Waals surface area (Å²) < 4.78 is 11.0. The minimum Gasteiger partial charge on any atom is -0.441 e. The molecule has 138 valence electrons. The van der Waals surface area contributed by atoms with Gasteiger partial charge in [0.1, 0.15) is 11.2 Å². The van der Waals surface area contributed by atoms with E-state index >= 15 is 0 Å². The normalized spacial score (nSPS) is 20.1. The number of hydrogen-bond donors (Lipinski definition) is 0. The first-order valence-corrected chi connectivity index (χ1v) is 9.06. The molecule has 6 nitrogen and oxygen atoms in total. The highest BCUT2D eigenvalue weighted by Crippen LogP contribution is 2.33. The van der Waals surface area contributed by atoms with Gasteiger partial charge in [0, 0.05) is 51.0 Å². The fraction of sp³-hybridized carbons (Fsp3) is 0.500. The number of ether oxygens (including phenoxy) is 1. The summed E-state index contributed by atoms with van der Waals surface area (Å²) in [7, 11) is 1.78. The number of carbonyl (C=O) groups is 1. The molecule has 2 aliphatic rings. The lowest BCUT2D eigenvalue weighted by Gasteiger charge is -2.37. The molecule has 2 fully saturated rings. The van der Waals surface area contributed by atoms with Crippen molar-refractivity contribution in [3.05, 3.63) is 45.3 Å². The maximum Gasteiger partial charge on any atom is 0.410 e. The van der Waals surface area contributed by atoms with Crippen LogP contribution < -0.4 is 5.63 Å². The summed E-state index contributed by atoms with van der Waals surface area (Å²) in [6.45, 7) is 7.13. The van der Waals surface area contributed by atoms with Crippen molar-refractivity contribution in [2.24, 2.45) is 0 Å². The van der Waals surface area contributed by atoms with Crippen LogP contribution in [0.4, 0.5) is 4.79 Å². The Labute approximate surface area is 152 Å². The molecule has 26 heavy (non-hydrogen) atoms. The second kappa shape index (κ2) is 6.13. The van der Waals surface area contributed by atoms with Gasteiger partial charge in [-0.3, -0.25) is 4.90 Å². The van der Waals surface area contributed by atoms with Crippen molar-refractivity contribution in [2.45, 2.75) is 38.8 Å². The number of nitrogens with zero attached hydrogens (tertiary/aromatic N) is 2. The van der Waals surface area contributed by atoms with Gasteiger partial charge in [-0.2, -0.15) is 0 Å². The Kier molecular flexibility index (Phi) is 4.03. The lowest BCUT2D eigenvalue weighted by atomic mass is 9.91. The number of amides is 1. The van der Waals surface area contributed by atoms with E-state index in [0.29, 0.717) is 18.7 Å². The highest BCUT2D eigenvalue weighted by atomic mass is 16.6. The Morgan fingerprint density at radius 3 is 2.42 bits per heavy atom. The first-order valence-electron chi connectivity index (χ1n) is 9.06. The highest BCUT2D eigenvalue weighted by molar-refractivity contribution is 5.81. The standard InChI is InChI=1S/C20H24N2O4/c1-13-8-16-15(10-18(23)25-17(16)9-14(13)2)11-22-6-4-20(5-7-22)12-21(3)19(24)26-20/h8-10H,4-7,11-12H2,1-3H3. The van der Waals surface area contributed by atoms with Crippen LogP contribution in [0.25, 0.3) is 11.0 Å². The van der Waals surface area contributed by atoms with Crippen molar-refractivity contribution in [1.82, 2.24) is 9.80 Å². The maximum absolute atomic E-state index is 12.0. The van der Waals surface area contributed by atoms with E-state index < -0.39 is 0 Å². The van der Waals surface area contributed by atoms with Crippen LogP contribution in [0.5, 0.6) is 0 Å². The summed E-state index contributed by atoms with van der Waals surface area (Å²) in [6, 6.07) is 5.64. The smallest absolute Gasteiger partial charge is 0.410 e. The summed E-state index contributed by atoms with van der Waals surface area (Å²) in [5.74, 6) is 0. The summed E-state index contributed by atoms with van der Waals surface area (Å²) in [5.41, 5.74) is 3.30. The molecule has 2 aromatic rings. The van der Waals surface area contributed by atoms with Gasteiger partial charge in [-0.1, -0.05) is 0 Å². The Morgan fingerprint density at radius 1 is 1.08 bits per heavy atom. The number of aryl methyl sites for hydroxylation is 2. The minimum atomic E-state index is -0.339. The van der Waals surface area contributed by atoms with Crippen molar-refractivity contribution < 1.29 is 13.9 Å². The van der Waals surface area contributed by atoms with Gasteiger partial charge >= 0.3 is 11.7 Å². The lowest BCUT2D eigenvalue weighted by molar-refractivity contribution is -0.00113. The third-order valence-electron chi connectivity index (χ3n) is 5.75. The number of piperidine rings is 1. The Morgan fingerprint density at radius 2 is 1.77 bits per heavy atom. The number of hydrogen-bond acceptors (Lipinski definition) is 5. The molecular formula is C20H24N2O4. The van der Waals surface area contributed by atoms with Gasteiger partial charge in [0.15, 0.2) is 0 Å². The second-order valence-corrected chi connectivity index (χ2v) is 7.71. The number of likely N-dealkylation sites (tertiary alicyclic amines) is 1. The predicted octanol–water partition coefficient (Wildman–Crippen LogP) is 2.83. The largest absolute Gasteiger partial charge is 0.441 e. The van der Waals surface area contributed by atoms with E-state index in [0.717, 1.165) is 42.4 Å². The zero-order valence-electron chi connectivity index (χ0n) is 15.5. The number of rotatable bonds is 2. The van der Waals surface area contributed by atoms with E-state index in [-0.39, 0.29) is 17.3 Å². The Hall–Kier alpha value is -2.34. The van der Waals surface area contributed by atoms with Crippen molar-refractivity contribution in [1.29, 1.82) is 0 Å². The SMILES string of the molecule is Cc1cc2oc(=O)cc(CN3CCC4(CC3)CN(C)C(=O)O4)c2cc1C. The molecule has 0 radical (unpaired) electrons. The third kappa shape index (κ3) is 2.98. The lowest BCUT2D eigenvalue weighted by Crippen LogP contribution is -2.46. The molecule has 0 atom stereocenters. The predicted molar refractivity (Wildman–Crippen MR) is 98.3 cm³/mol. The van der Waals surface area contributed by atoms with Gasteiger partial charge in [0.2, 0.25) is 0 Å². The Bertz CT molecular complexity index is 925. The van der Waals surface area contributed by atoms with Gasteiger partial charge < -0.3 is 14.1 Å². The van der Waals surface area contributed by atoms with Crippen LogP contribution in [-0.2, 0) is 11.3 Å². The molecule has 1 aromatic heterocycles. The van der Waals surface area contributed by atoms with Gasteiger partial charge in [-0.15, -0.1) is 0 Å². The highest BCUT2D eigenvalue weighted by Gasteiger charge is 2.45. The van der Waals surface area contributed by atoms with Crippen LogP contribution >= 0.6 is 0 Å². The van der Waals surface area contributed by atoms with E-state index in [9.17, 15) is 9.59 Å². The van der Waals surface area contributed by atoms with E-state index in [4.69, 9.17) is 9.15 Å². The van der Waals surface area contributed by atoms with E-state index in [1.54, 1.807) is 18.0 Å². The van der Waals surface area contributed by atoms with Gasteiger partial charge in [-0.05, 0) is 42.7 Å². The molecule has 1 spiro atoms. The zero-order valence-corrected chi connectivity index (χ0v) is 15.5. The van der Waals surface area contributed by atoms with Crippen molar-refractivity contribution >= 4 is 17.1 Å². The molecule has 1 amide bonds. The van der Waals surface area contributed by atoms with Crippen molar-refractivity contribution in [3.8, 4) is 0 Å². The third-order valence-corrected chi connectivity index (χ3v) is 5.75. The van der Waals surface area contributed by atoms with Gasteiger partial charge in [0.05, 0.1) is 6.54 Å². The summed E-state index contributed by atoms with van der Waals surface area (Å²) in [6.07, 6.45) is 1.41. The molecule has 0 N–H and O–H groups in total. The van der Waals surface area contributed by atoms with E-state index in [2.05, 4.69) is 17.9 Å². The van der Waals surface area contributed by atoms with Crippen LogP contribution in [0.15, 0.2) is 27.4 Å². The molecule has 1 aromatic carbocycles. The average Bonchev–Trinajstić information content (AvgIpc) is 2.85. The number of fused-ring (bicyclic) bond motifs is 1. The average molecular weight is 356 g/mol. The van der Waals surface area contributed by atoms with Gasteiger partial charge in [0.25, 0.3) is 0 Å². The second-order valence-electron chi connectivity index (χ2n) is 7.71. The van der Waals surface area contributed by atoms with Crippen LogP contribution in [0, 0.1) is 13.8 Å². The molecule has 6 heteroatoms. The fourth-order valence-corrected chi connectivity index (χ4v) is 4.03. The maximum atomic E-state index is 12.0. The first-order chi connectivity index (χ1) is 12.3. The minimum absolute atomic E-state index is 0.226. The van der Waals surface area contributed by atoms with Crippen LogP contribution in [0.1, 0.15) is 29.5 Å². The molecule has 2 aliphatic heterocycles. The monoisotopic (exact) mass is 356 g/mol. The molecule has 0 saturated carbocycles. The number of likely N-dealkylation sites (N-methyl/N-ethyl adjacent to an activating group) is 1. The fourth-order valence-electron chi connectivity index (χ4n) is 4.03. The zero-order chi connectivity index (χ0) is 18.5. The van der Waals surface area contributed by atoms with E-state index in [1.807, 2.05) is 13.0 Å². The molecule has 4 rings (SSSR count). The summed E-state index contributed by atoms with van der Waals surface area (Å²) in [5, 5.41) is 1.00. The number of carbonyl (C=O) groups excluding carboxylic acids is 1. The quantitative estimate of drug-likeness (QED) is 0.774. The molecule has 2 saturated heterocycles. The number of benzene rings is 1. The van der Waals surface area contributed by atoms with Crippen LogP contribution in [0.2, 0.25) is 0 Å². The first kappa shape index (κ1) is 17.1. The summed E-state index contributed by atoms with van der Waals surface area (Å²) >= 11 is 0. The van der Waals surface area contributed by atoms with Gasteiger partial charge in [-0.25, -0.2) is 9.59 Å². The van der Waals surface area contributed by atoms with Crippen molar-refractivity contribution in [3.63, 3.8) is 0 Å². The van der Waals surface area contributed by atoms with E-state index in [1.165, 1.54) is 5.56 Å². The topological polar surface area (TPSA) is 63.0 Å². The van der Waals surface area contributed by atoms with Crippen LogP contribution in [0.3, 0.4) is 0 Å². The van der Waals surface area contributed by atoms with Crippen molar-refractivity contribution in [2.75, 3.05) is 26.7 Å². The molecule has 3 heterocycles. The molecule has 0 aliphatic carbocycles. The van der Waals surface area contributed by atoms with Crippen LogP contribution in [-0.4, -0.2) is 48.2 Å². The molecule has 0 bridgehead atoms. The Balaban J connectivity index is 1.55.